The first kappa shape index (κ1) is 15.1. The number of nitriles is 1. The average molecular weight is 321 g/mol. The Hall–Kier alpha value is -2.84. The molecule has 0 fully saturated rings. The number of thiazole rings is 1. The number of nitrogens with zero attached hydrogens (tertiary/aromatic N) is 3. The second-order valence-corrected chi connectivity index (χ2v) is 5.78. The quantitative estimate of drug-likeness (QED) is 0.800. The summed E-state index contributed by atoms with van der Waals surface area (Å²) >= 11 is 1.46. The summed E-state index contributed by atoms with van der Waals surface area (Å²) < 4.78 is 5.39. The molecule has 2 heterocycles. The molecular weight excluding hydrogens is 306 g/mol. The highest BCUT2D eigenvalue weighted by Gasteiger charge is 2.16. The summed E-state index contributed by atoms with van der Waals surface area (Å²) in [6.45, 7) is 0. The van der Waals surface area contributed by atoms with Crippen LogP contribution in [-0.4, -0.2) is 24.0 Å². The van der Waals surface area contributed by atoms with Gasteiger partial charge in [0, 0.05) is 24.2 Å². The molecule has 3 rings (SSSR count). The van der Waals surface area contributed by atoms with Gasteiger partial charge in [0.25, 0.3) is 0 Å². The van der Waals surface area contributed by atoms with E-state index >= 15 is 0 Å². The SMILES string of the molecule is COc1ccccc1-c1csc(/C(C#N)=C2\C=CC=CN2C)n1. The van der Waals surface area contributed by atoms with Gasteiger partial charge >= 0.3 is 0 Å². The minimum Gasteiger partial charge on any atom is -0.496 e. The van der Waals surface area contributed by atoms with Crippen LogP contribution in [0, 0.1) is 11.3 Å². The highest BCUT2D eigenvalue weighted by Crippen LogP contribution is 2.33. The third-order valence-electron chi connectivity index (χ3n) is 3.52. The molecule has 0 saturated heterocycles. The van der Waals surface area contributed by atoms with E-state index in [1.54, 1.807) is 7.11 Å². The largest absolute Gasteiger partial charge is 0.496 e. The minimum atomic E-state index is 0.569. The Balaban J connectivity index is 2.05. The topological polar surface area (TPSA) is 49.1 Å². The Morgan fingerprint density at radius 3 is 2.87 bits per heavy atom. The number of ether oxygens (including phenoxy) is 1. The van der Waals surface area contributed by atoms with Gasteiger partial charge in [0.05, 0.1) is 18.5 Å². The van der Waals surface area contributed by atoms with Gasteiger partial charge in [-0.25, -0.2) is 4.98 Å². The van der Waals surface area contributed by atoms with Crippen LogP contribution < -0.4 is 4.74 Å². The van der Waals surface area contributed by atoms with Gasteiger partial charge in [-0.1, -0.05) is 18.2 Å². The van der Waals surface area contributed by atoms with Crippen molar-refractivity contribution in [3.05, 3.63) is 64.8 Å². The third kappa shape index (κ3) is 2.89. The first-order chi connectivity index (χ1) is 11.2. The molecule has 5 heteroatoms. The molecule has 0 N–H and O–H groups in total. The average Bonchev–Trinajstić information content (AvgIpc) is 3.07. The number of likely N-dealkylation sites (N-methyl/N-ethyl adjacent to an activating group) is 1. The number of benzene rings is 1. The van der Waals surface area contributed by atoms with Crippen LogP contribution in [0.2, 0.25) is 0 Å². The first-order valence-corrected chi connectivity index (χ1v) is 7.94. The Morgan fingerprint density at radius 2 is 2.13 bits per heavy atom. The third-order valence-corrected chi connectivity index (χ3v) is 4.38. The summed E-state index contributed by atoms with van der Waals surface area (Å²) in [5, 5.41) is 12.2. The number of hydrogen-bond donors (Lipinski definition) is 0. The van der Waals surface area contributed by atoms with E-state index in [0.29, 0.717) is 10.6 Å². The van der Waals surface area contributed by atoms with Gasteiger partial charge in [-0.2, -0.15) is 5.26 Å². The summed E-state index contributed by atoms with van der Waals surface area (Å²) in [7, 11) is 3.56. The van der Waals surface area contributed by atoms with Crippen LogP contribution in [0.1, 0.15) is 5.01 Å². The number of rotatable bonds is 3. The van der Waals surface area contributed by atoms with Crippen molar-refractivity contribution in [3.63, 3.8) is 0 Å². The fraction of sp³-hybridized carbons (Fsp3) is 0.111. The molecule has 114 valence electrons. The zero-order valence-corrected chi connectivity index (χ0v) is 13.7. The van der Waals surface area contributed by atoms with E-state index in [1.807, 2.05) is 66.0 Å². The molecular formula is C18H15N3OS. The van der Waals surface area contributed by atoms with Gasteiger partial charge in [0.15, 0.2) is 0 Å². The minimum absolute atomic E-state index is 0.569. The number of hydrogen-bond acceptors (Lipinski definition) is 5. The highest BCUT2D eigenvalue weighted by molar-refractivity contribution is 7.11. The van der Waals surface area contributed by atoms with Crippen LogP contribution in [0.4, 0.5) is 0 Å². The maximum absolute atomic E-state index is 9.58. The van der Waals surface area contributed by atoms with Crippen molar-refractivity contribution >= 4 is 16.9 Å². The van der Waals surface area contributed by atoms with Gasteiger partial charge in [0.2, 0.25) is 0 Å². The second kappa shape index (κ2) is 6.51. The molecule has 0 amide bonds. The molecule has 1 aliphatic heterocycles. The van der Waals surface area contributed by atoms with Crippen LogP contribution in [0.3, 0.4) is 0 Å². The molecule has 4 nitrogen and oxygen atoms in total. The Morgan fingerprint density at radius 1 is 1.30 bits per heavy atom. The van der Waals surface area contributed by atoms with E-state index < -0.39 is 0 Å². The van der Waals surface area contributed by atoms with E-state index in [9.17, 15) is 5.26 Å². The summed E-state index contributed by atoms with van der Waals surface area (Å²) in [6.07, 6.45) is 7.69. The van der Waals surface area contributed by atoms with Crippen molar-refractivity contribution in [1.82, 2.24) is 9.88 Å². The maximum atomic E-state index is 9.58. The molecule has 23 heavy (non-hydrogen) atoms. The van der Waals surface area contributed by atoms with Crippen molar-refractivity contribution < 1.29 is 4.74 Å². The lowest BCUT2D eigenvalue weighted by Gasteiger charge is -2.18. The molecule has 1 aromatic heterocycles. The normalized spacial score (nSPS) is 15.4. The molecule has 0 aliphatic carbocycles. The van der Waals surface area contributed by atoms with Crippen LogP contribution in [-0.2, 0) is 0 Å². The summed E-state index contributed by atoms with van der Waals surface area (Å²) in [4.78, 5) is 6.56. The molecule has 1 aromatic carbocycles. The molecule has 0 atom stereocenters. The second-order valence-electron chi connectivity index (χ2n) is 4.92. The van der Waals surface area contributed by atoms with Crippen LogP contribution >= 0.6 is 11.3 Å². The molecule has 0 bridgehead atoms. The van der Waals surface area contributed by atoms with Crippen molar-refractivity contribution in [2.45, 2.75) is 0 Å². The van der Waals surface area contributed by atoms with Crippen LogP contribution in [0.15, 0.2) is 59.8 Å². The zero-order chi connectivity index (χ0) is 16.2. The van der Waals surface area contributed by atoms with Gasteiger partial charge < -0.3 is 9.64 Å². The predicted octanol–water partition coefficient (Wildman–Crippen LogP) is 4.07. The summed E-state index contributed by atoms with van der Waals surface area (Å²) in [6, 6.07) is 10.0. The predicted molar refractivity (Wildman–Crippen MR) is 92.7 cm³/mol. The smallest absolute Gasteiger partial charge is 0.136 e. The number of para-hydroxylation sites is 1. The van der Waals surface area contributed by atoms with Crippen LogP contribution in [0.5, 0.6) is 5.75 Å². The van der Waals surface area contributed by atoms with Gasteiger partial charge in [-0.15, -0.1) is 11.3 Å². The maximum Gasteiger partial charge on any atom is 0.136 e. The molecule has 0 spiro atoms. The monoisotopic (exact) mass is 321 g/mol. The lowest BCUT2D eigenvalue weighted by molar-refractivity contribution is 0.416. The Kier molecular flexibility index (Phi) is 4.26. The number of aromatic nitrogens is 1. The fourth-order valence-corrected chi connectivity index (χ4v) is 3.19. The molecule has 1 aliphatic rings. The number of allylic oxidation sites excluding steroid dienone is 4. The lowest BCUT2D eigenvalue weighted by atomic mass is 10.1. The van der Waals surface area contributed by atoms with Crippen molar-refractivity contribution in [3.8, 4) is 23.1 Å². The molecule has 2 aromatic rings. The fourth-order valence-electron chi connectivity index (χ4n) is 2.37. The van der Waals surface area contributed by atoms with Gasteiger partial charge in [-0.3, -0.25) is 0 Å². The van der Waals surface area contributed by atoms with Crippen molar-refractivity contribution in [1.29, 1.82) is 5.26 Å². The van der Waals surface area contributed by atoms with E-state index in [1.165, 1.54) is 11.3 Å². The van der Waals surface area contributed by atoms with Crippen molar-refractivity contribution in [2.24, 2.45) is 0 Å². The highest BCUT2D eigenvalue weighted by atomic mass is 32.1. The Labute approximate surface area is 139 Å². The summed E-state index contributed by atoms with van der Waals surface area (Å²) in [5.41, 5.74) is 3.15. The Bertz CT molecular complexity index is 855. The van der Waals surface area contributed by atoms with E-state index in [0.717, 1.165) is 22.7 Å². The molecule has 0 radical (unpaired) electrons. The van der Waals surface area contributed by atoms with Crippen LogP contribution in [0.25, 0.3) is 16.8 Å². The van der Waals surface area contributed by atoms with E-state index in [-0.39, 0.29) is 0 Å². The summed E-state index contributed by atoms with van der Waals surface area (Å²) in [5.74, 6) is 0.771. The van der Waals surface area contributed by atoms with E-state index in [2.05, 4.69) is 11.1 Å². The van der Waals surface area contributed by atoms with E-state index in [4.69, 9.17) is 4.74 Å². The number of methoxy groups -OCH3 is 1. The first-order valence-electron chi connectivity index (χ1n) is 7.06. The zero-order valence-electron chi connectivity index (χ0n) is 12.9. The lowest BCUT2D eigenvalue weighted by Crippen LogP contribution is -2.12. The standard InChI is InChI=1S/C18H15N3OS/c1-21-10-6-5-8-16(21)14(11-19)18-20-15(12-23-18)13-7-3-4-9-17(13)22-2/h3-10,12H,1-2H3/b16-14+. The van der Waals surface area contributed by atoms with Crippen molar-refractivity contribution in [2.75, 3.05) is 14.2 Å². The van der Waals surface area contributed by atoms with Gasteiger partial charge in [0.1, 0.15) is 22.4 Å². The molecule has 0 unspecified atom stereocenters. The molecule has 0 saturated carbocycles. The van der Waals surface area contributed by atoms with Gasteiger partial charge in [-0.05, 0) is 24.3 Å².